The van der Waals surface area contributed by atoms with E-state index in [4.69, 9.17) is 10.5 Å². The zero-order valence-electron chi connectivity index (χ0n) is 11.8. The number of rotatable bonds is 2. The molecule has 2 bridgehead atoms. The summed E-state index contributed by atoms with van der Waals surface area (Å²) in [5.74, 6) is 0. The van der Waals surface area contributed by atoms with Gasteiger partial charge in [0.25, 0.3) is 0 Å². The minimum absolute atomic E-state index is 0.0472. The van der Waals surface area contributed by atoms with Gasteiger partial charge < -0.3 is 10.5 Å². The Kier molecular flexibility index (Phi) is 3.27. The molecule has 6 heteroatoms. The number of nitrogens with zero attached hydrogens (tertiary/aromatic N) is 1. The Hall–Kier alpha value is -1.11. The summed E-state index contributed by atoms with van der Waals surface area (Å²) in [6.07, 6.45) is 1.99. The Morgan fingerprint density at radius 3 is 2.40 bits per heavy atom. The van der Waals surface area contributed by atoms with E-state index in [0.29, 0.717) is 23.7 Å². The molecule has 0 aromatic heterocycles. The van der Waals surface area contributed by atoms with Crippen molar-refractivity contribution in [2.24, 2.45) is 0 Å². The summed E-state index contributed by atoms with van der Waals surface area (Å²) in [6, 6.07) is 3.37. The molecular formula is C14H20N2O3S. The third-order valence-electron chi connectivity index (χ3n) is 4.27. The van der Waals surface area contributed by atoms with Gasteiger partial charge in [-0.05, 0) is 49.9 Å². The van der Waals surface area contributed by atoms with Gasteiger partial charge in [0.1, 0.15) is 0 Å². The number of anilines is 1. The molecule has 0 radical (unpaired) electrons. The first-order chi connectivity index (χ1) is 9.38. The van der Waals surface area contributed by atoms with E-state index < -0.39 is 10.0 Å². The van der Waals surface area contributed by atoms with Crippen molar-refractivity contribution in [3.8, 4) is 0 Å². The normalized spacial score (nSPS) is 26.9. The fourth-order valence-electron chi connectivity index (χ4n) is 3.03. The number of morpholine rings is 1. The minimum Gasteiger partial charge on any atom is -0.399 e. The summed E-state index contributed by atoms with van der Waals surface area (Å²) < 4.78 is 33.0. The summed E-state index contributed by atoms with van der Waals surface area (Å²) >= 11 is 0. The van der Waals surface area contributed by atoms with Gasteiger partial charge in [0, 0.05) is 18.8 Å². The topological polar surface area (TPSA) is 72.6 Å². The van der Waals surface area contributed by atoms with E-state index >= 15 is 0 Å². The minimum atomic E-state index is -3.49. The lowest BCUT2D eigenvalue weighted by molar-refractivity contribution is -0.0114. The van der Waals surface area contributed by atoms with Crippen molar-refractivity contribution in [3.05, 3.63) is 23.3 Å². The Balaban J connectivity index is 2.00. The van der Waals surface area contributed by atoms with Crippen molar-refractivity contribution >= 4 is 15.7 Å². The largest absolute Gasteiger partial charge is 0.399 e. The first-order valence-electron chi connectivity index (χ1n) is 6.90. The maximum atomic E-state index is 12.8. The molecule has 1 aromatic rings. The smallest absolute Gasteiger partial charge is 0.243 e. The Bertz CT molecular complexity index is 630. The van der Waals surface area contributed by atoms with Gasteiger partial charge in [-0.2, -0.15) is 4.31 Å². The van der Waals surface area contributed by atoms with Crippen LogP contribution in [-0.4, -0.2) is 38.0 Å². The Labute approximate surface area is 119 Å². The number of fused-ring (bicyclic) bond motifs is 2. The molecule has 2 aliphatic rings. The highest BCUT2D eigenvalue weighted by molar-refractivity contribution is 7.89. The van der Waals surface area contributed by atoms with E-state index in [9.17, 15) is 8.42 Å². The van der Waals surface area contributed by atoms with Gasteiger partial charge in [0.15, 0.2) is 0 Å². The summed E-state index contributed by atoms with van der Waals surface area (Å²) in [5, 5.41) is 0. The molecule has 2 aliphatic heterocycles. The third kappa shape index (κ3) is 2.21. The van der Waals surface area contributed by atoms with Crippen LogP contribution in [0.25, 0.3) is 0 Å². The quantitative estimate of drug-likeness (QED) is 0.838. The van der Waals surface area contributed by atoms with Gasteiger partial charge in [-0.3, -0.25) is 0 Å². The molecule has 2 saturated heterocycles. The van der Waals surface area contributed by atoms with Crippen LogP contribution in [0.1, 0.15) is 24.0 Å². The average molecular weight is 296 g/mol. The van der Waals surface area contributed by atoms with Crippen molar-refractivity contribution in [1.29, 1.82) is 0 Å². The molecular weight excluding hydrogens is 276 g/mol. The van der Waals surface area contributed by atoms with E-state index in [-0.39, 0.29) is 12.2 Å². The van der Waals surface area contributed by atoms with E-state index in [1.807, 2.05) is 13.8 Å². The van der Waals surface area contributed by atoms with E-state index in [0.717, 1.165) is 24.0 Å². The lowest BCUT2D eigenvalue weighted by atomic mass is 10.1. The predicted octanol–water partition coefficient (Wildman–Crippen LogP) is 1.44. The second kappa shape index (κ2) is 4.72. The molecule has 2 N–H and O–H groups in total. The number of ether oxygens (including phenoxy) is 1. The molecule has 2 fully saturated rings. The van der Waals surface area contributed by atoms with Crippen molar-refractivity contribution in [3.63, 3.8) is 0 Å². The van der Waals surface area contributed by atoms with E-state index in [2.05, 4.69) is 0 Å². The van der Waals surface area contributed by atoms with E-state index in [1.54, 1.807) is 16.4 Å². The molecule has 0 spiro atoms. The first-order valence-corrected chi connectivity index (χ1v) is 8.34. The van der Waals surface area contributed by atoms with Crippen LogP contribution in [0.3, 0.4) is 0 Å². The average Bonchev–Trinajstić information content (AvgIpc) is 2.72. The number of benzene rings is 1. The first kappa shape index (κ1) is 13.9. The molecule has 3 rings (SSSR count). The van der Waals surface area contributed by atoms with Crippen molar-refractivity contribution in [2.45, 2.75) is 43.8 Å². The van der Waals surface area contributed by atoms with Crippen LogP contribution in [-0.2, 0) is 14.8 Å². The second-order valence-electron chi connectivity index (χ2n) is 5.74. The monoisotopic (exact) mass is 296 g/mol. The fraction of sp³-hybridized carbons (Fsp3) is 0.571. The number of nitrogens with two attached hydrogens (primary N) is 1. The molecule has 0 saturated carbocycles. The molecule has 1 aromatic carbocycles. The Morgan fingerprint density at radius 1 is 1.20 bits per heavy atom. The van der Waals surface area contributed by atoms with Crippen molar-refractivity contribution < 1.29 is 13.2 Å². The van der Waals surface area contributed by atoms with Crippen LogP contribution in [0, 0.1) is 13.8 Å². The van der Waals surface area contributed by atoms with Gasteiger partial charge in [-0.25, -0.2) is 8.42 Å². The molecule has 2 heterocycles. The molecule has 110 valence electrons. The molecule has 2 unspecified atom stereocenters. The fourth-order valence-corrected chi connectivity index (χ4v) is 4.87. The molecule has 2 atom stereocenters. The molecule has 0 aliphatic carbocycles. The highest BCUT2D eigenvalue weighted by atomic mass is 32.2. The predicted molar refractivity (Wildman–Crippen MR) is 77.0 cm³/mol. The van der Waals surface area contributed by atoms with Crippen LogP contribution in [0.15, 0.2) is 17.0 Å². The van der Waals surface area contributed by atoms with E-state index in [1.165, 1.54) is 0 Å². The maximum absolute atomic E-state index is 12.8. The van der Waals surface area contributed by atoms with Gasteiger partial charge in [0.2, 0.25) is 10.0 Å². The zero-order chi connectivity index (χ0) is 14.5. The number of hydrogen-bond donors (Lipinski definition) is 1. The number of nitrogen functional groups attached to an aromatic ring is 1. The summed E-state index contributed by atoms with van der Waals surface area (Å²) in [7, 11) is -3.49. The van der Waals surface area contributed by atoms with Crippen LogP contribution in [0.2, 0.25) is 0 Å². The van der Waals surface area contributed by atoms with Crippen LogP contribution >= 0.6 is 0 Å². The Morgan fingerprint density at radius 2 is 1.80 bits per heavy atom. The second-order valence-corrected chi connectivity index (χ2v) is 7.65. The van der Waals surface area contributed by atoms with Crippen molar-refractivity contribution in [1.82, 2.24) is 4.31 Å². The highest BCUT2D eigenvalue weighted by Crippen LogP contribution is 2.32. The zero-order valence-corrected chi connectivity index (χ0v) is 12.6. The van der Waals surface area contributed by atoms with Crippen molar-refractivity contribution in [2.75, 3.05) is 18.8 Å². The molecule has 5 nitrogen and oxygen atoms in total. The van der Waals surface area contributed by atoms with Crippen LogP contribution < -0.4 is 5.73 Å². The lowest BCUT2D eigenvalue weighted by Gasteiger charge is -2.31. The summed E-state index contributed by atoms with van der Waals surface area (Å²) in [6.45, 7) is 4.61. The summed E-state index contributed by atoms with van der Waals surface area (Å²) in [5.41, 5.74) is 7.98. The molecule has 0 amide bonds. The number of sulfonamides is 1. The van der Waals surface area contributed by atoms with Crippen LogP contribution in [0.4, 0.5) is 5.69 Å². The van der Waals surface area contributed by atoms with Gasteiger partial charge in [-0.15, -0.1) is 0 Å². The van der Waals surface area contributed by atoms with Gasteiger partial charge in [0.05, 0.1) is 17.1 Å². The third-order valence-corrected chi connectivity index (χ3v) is 6.23. The highest BCUT2D eigenvalue weighted by Gasteiger charge is 2.39. The number of hydrogen-bond acceptors (Lipinski definition) is 4. The van der Waals surface area contributed by atoms with Gasteiger partial charge >= 0.3 is 0 Å². The molecule has 20 heavy (non-hydrogen) atoms. The maximum Gasteiger partial charge on any atom is 0.243 e. The number of aryl methyl sites for hydroxylation is 1. The summed E-state index contributed by atoms with van der Waals surface area (Å²) in [4.78, 5) is 0.330. The SMILES string of the molecule is Cc1cc(N)cc(S(=O)(=O)N2CC3CCC(C2)O3)c1C. The standard InChI is InChI=1S/C14H20N2O3S/c1-9-5-11(15)6-14(10(9)2)20(17,18)16-7-12-3-4-13(8-16)19-12/h5-6,12-13H,3-4,7-8,15H2,1-2H3. The van der Waals surface area contributed by atoms with Crippen LogP contribution in [0.5, 0.6) is 0 Å². The lowest BCUT2D eigenvalue weighted by Crippen LogP contribution is -2.45. The van der Waals surface area contributed by atoms with Gasteiger partial charge in [-0.1, -0.05) is 0 Å².